The van der Waals surface area contributed by atoms with Gasteiger partial charge in [-0.3, -0.25) is 4.79 Å². The highest BCUT2D eigenvalue weighted by molar-refractivity contribution is 7.09. The highest BCUT2D eigenvalue weighted by Crippen LogP contribution is 2.12. The largest absolute Gasteiger partial charge is 0.341 e. The standard InChI is InChI=1S/C11H18N2OS/c1-9(7-12)6-11(14)13(2)8-10-4-3-5-15-10/h3-5,9H,6-8,12H2,1-2H3. The smallest absolute Gasteiger partial charge is 0.222 e. The summed E-state index contributed by atoms with van der Waals surface area (Å²) in [6, 6.07) is 4.04. The van der Waals surface area contributed by atoms with Gasteiger partial charge in [0.05, 0.1) is 6.54 Å². The van der Waals surface area contributed by atoms with E-state index in [1.807, 2.05) is 31.5 Å². The van der Waals surface area contributed by atoms with Gasteiger partial charge in [-0.15, -0.1) is 11.3 Å². The van der Waals surface area contributed by atoms with Gasteiger partial charge in [0, 0.05) is 18.3 Å². The molecule has 1 aromatic heterocycles. The topological polar surface area (TPSA) is 46.3 Å². The van der Waals surface area contributed by atoms with Crippen molar-refractivity contribution in [3.63, 3.8) is 0 Å². The van der Waals surface area contributed by atoms with Gasteiger partial charge in [-0.05, 0) is 23.9 Å². The number of carbonyl (C=O) groups is 1. The van der Waals surface area contributed by atoms with Crippen LogP contribution in [0.5, 0.6) is 0 Å². The molecule has 1 heterocycles. The van der Waals surface area contributed by atoms with Crippen molar-refractivity contribution < 1.29 is 4.79 Å². The maximum atomic E-state index is 11.7. The van der Waals surface area contributed by atoms with Crippen LogP contribution in [0.2, 0.25) is 0 Å². The molecular formula is C11H18N2OS. The fourth-order valence-electron chi connectivity index (χ4n) is 1.26. The second kappa shape index (κ2) is 5.88. The summed E-state index contributed by atoms with van der Waals surface area (Å²) in [6.07, 6.45) is 0.540. The van der Waals surface area contributed by atoms with Crippen LogP contribution in [-0.2, 0) is 11.3 Å². The molecule has 4 heteroatoms. The summed E-state index contributed by atoms with van der Waals surface area (Å²) in [5, 5.41) is 2.02. The van der Waals surface area contributed by atoms with Crippen molar-refractivity contribution in [1.29, 1.82) is 0 Å². The quantitative estimate of drug-likeness (QED) is 0.830. The Hall–Kier alpha value is -0.870. The molecule has 1 unspecified atom stereocenters. The van der Waals surface area contributed by atoms with Crippen LogP contribution in [-0.4, -0.2) is 24.4 Å². The van der Waals surface area contributed by atoms with Crippen LogP contribution in [0.3, 0.4) is 0 Å². The monoisotopic (exact) mass is 226 g/mol. The summed E-state index contributed by atoms with van der Waals surface area (Å²) in [6.45, 7) is 3.27. The third-order valence-electron chi connectivity index (χ3n) is 2.32. The van der Waals surface area contributed by atoms with Crippen molar-refractivity contribution in [2.24, 2.45) is 11.7 Å². The zero-order valence-electron chi connectivity index (χ0n) is 9.27. The van der Waals surface area contributed by atoms with Crippen LogP contribution in [0, 0.1) is 5.92 Å². The Morgan fingerprint density at radius 1 is 1.67 bits per heavy atom. The third kappa shape index (κ3) is 4.01. The SMILES string of the molecule is CC(CN)CC(=O)N(C)Cc1cccs1. The van der Waals surface area contributed by atoms with Gasteiger partial charge < -0.3 is 10.6 Å². The minimum absolute atomic E-state index is 0.168. The number of hydrogen-bond acceptors (Lipinski definition) is 3. The first-order valence-corrected chi connectivity index (χ1v) is 5.98. The van der Waals surface area contributed by atoms with E-state index in [4.69, 9.17) is 5.73 Å². The maximum Gasteiger partial charge on any atom is 0.222 e. The van der Waals surface area contributed by atoms with Gasteiger partial charge >= 0.3 is 0 Å². The predicted octanol–water partition coefficient (Wildman–Crippen LogP) is 1.69. The van der Waals surface area contributed by atoms with Gasteiger partial charge in [0.2, 0.25) is 5.91 Å². The van der Waals surface area contributed by atoms with Gasteiger partial charge in [0.15, 0.2) is 0 Å². The molecule has 3 nitrogen and oxygen atoms in total. The molecule has 1 rings (SSSR count). The Labute approximate surface area is 94.9 Å². The highest BCUT2D eigenvalue weighted by Gasteiger charge is 2.12. The fourth-order valence-corrected chi connectivity index (χ4v) is 2.02. The Balaban J connectivity index is 2.40. The van der Waals surface area contributed by atoms with Crippen molar-refractivity contribution in [1.82, 2.24) is 4.90 Å². The summed E-state index contributed by atoms with van der Waals surface area (Å²) in [7, 11) is 1.84. The van der Waals surface area contributed by atoms with Gasteiger partial charge in [0.25, 0.3) is 0 Å². The Bertz CT molecular complexity index is 298. The molecule has 84 valence electrons. The molecular weight excluding hydrogens is 208 g/mol. The lowest BCUT2D eigenvalue weighted by Gasteiger charge is -2.18. The van der Waals surface area contributed by atoms with E-state index >= 15 is 0 Å². The van der Waals surface area contributed by atoms with Crippen LogP contribution in [0.1, 0.15) is 18.2 Å². The fraction of sp³-hybridized carbons (Fsp3) is 0.545. The maximum absolute atomic E-state index is 11.7. The molecule has 0 saturated carbocycles. The molecule has 1 amide bonds. The van der Waals surface area contributed by atoms with Crippen molar-refractivity contribution in [2.45, 2.75) is 19.9 Å². The molecule has 0 bridgehead atoms. The van der Waals surface area contributed by atoms with Crippen molar-refractivity contribution in [3.8, 4) is 0 Å². The molecule has 15 heavy (non-hydrogen) atoms. The molecule has 0 aliphatic rings. The molecule has 0 radical (unpaired) electrons. The van der Waals surface area contributed by atoms with Gasteiger partial charge in [-0.2, -0.15) is 0 Å². The summed E-state index contributed by atoms with van der Waals surface area (Å²) in [5.74, 6) is 0.435. The van der Waals surface area contributed by atoms with Crippen LogP contribution >= 0.6 is 11.3 Å². The van der Waals surface area contributed by atoms with Crippen molar-refractivity contribution in [2.75, 3.05) is 13.6 Å². The Kier molecular flexibility index (Phi) is 4.78. The summed E-state index contributed by atoms with van der Waals surface area (Å²) in [5.41, 5.74) is 5.49. The first-order chi connectivity index (χ1) is 7.13. The number of nitrogens with two attached hydrogens (primary N) is 1. The van der Waals surface area contributed by atoms with Crippen LogP contribution in [0.4, 0.5) is 0 Å². The van der Waals surface area contributed by atoms with E-state index in [0.29, 0.717) is 19.5 Å². The van der Waals surface area contributed by atoms with Crippen molar-refractivity contribution >= 4 is 17.2 Å². The van der Waals surface area contributed by atoms with E-state index in [2.05, 4.69) is 0 Å². The average Bonchev–Trinajstić information content (AvgIpc) is 2.70. The van der Waals surface area contributed by atoms with E-state index in [-0.39, 0.29) is 11.8 Å². The number of thiophene rings is 1. The minimum Gasteiger partial charge on any atom is -0.341 e. The summed E-state index contributed by atoms with van der Waals surface area (Å²) in [4.78, 5) is 14.7. The lowest BCUT2D eigenvalue weighted by Crippen LogP contribution is -2.28. The van der Waals surface area contributed by atoms with Crippen molar-refractivity contribution in [3.05, 3.63) is 22.4 Å². The van der Waals surface area contributed by atoms with Crippen LogP contribution < -0.4 is 5.73 Å². The zero-order chi connectivity index (χ0) is 11.3. The second-order valence-corrected chi connectivity index (χ2v) is 4.91. The molecule has 0 aliphatic carbocycles. The second-order valence-electron chi connectivity index (χ2n) is 3.87. The molecule has 2 N–H and O–H groups in total. The Morgan fingerprint density at radius 2 is 2.40 bits per heavy atom. The van der Waals surface area contributed by atoms with E-state index in [1.165, 1.54) is 4.88 Å². The Morgan fingerprint density at radius 3 is 2.93 bits per heavy atom. The predicted molar refractivity (Wildman–Crippen MR) is 63.6 cm³/mol. The molecule has 0 aromatic carbocycles. The van der Waals surface area contributed by atoms with E-state index in [1.54, 1.807) is 16.2 Å². The molecule has 0 aliphatic heterocycles. The lowest BCUT2D eigenvalue weighted by molar-refractivity contribution is -0.131. The van der Waals surface area contributed by atoms with Crippen LogP contribution in [0.25, 0.3) is 0 Å². The summed E-state index contributed by atoms with van der Waals surface area (Å²) >= 11 is 1.67. The first kappa shape index (κ1) is 12.2. The molecule has 1 aromatic rings. The number of nitrogens with zero attached hydrogens (tertiary/aromatic N) is 1. The van der Waals surface area contributed by atoms with E-state index < -0.39 is 0 Å². The van der Waals surface area contributed by atoms with E-state index in [0.717, 1.165) is 0 Å². The van der Waals surface area contributed by atoms with E-state index in [9.17, 15) is 4.79 Å². The first-order valence-electron chi connectivity index (χ1n) is 5.10. The minimum atomic E-state index is 0.168. The van der Waals surface area contributed by atoms with Gasteiger partial charge in [-0.25, -0.2) is 0 Å². The highest BCUT2D eigenvalue weighted by atomic mass is 32.1. The van der Waals surface area contributed by atoms with Crippen LogP contribution in [0.15, 0.2) is 17.5 Å². The summed E-state index contributed by atoms with van der Waals surface area (Å²) < 4.78 is 0. The molecule has 0 fully saturated rings. The lowest BCUT2D eigenvalue weighted by atomic mass is 10.1. The average molecular weight is 226 g/mol. The van der Waals surface area contributed by atoms with Gasteiger partial charge in [-0.1, -0.05) is 13.0 Å². The third-order valence-corrected chi connectivity index (χ3v) is 3.19. The number of carbonyl (C=O) groups excluding carboxylic acids is 1. The van der Waals surface area contributed by atoms with Gasteiger partial charge in [0.1, 0.15) is 0 Å². The normalized spacial score (nSPS) is 12.5. The molecule has 0 saturated heterocycles. The molecule has 0 spiro atoms. The number of hydrogen-bond donors (Lipinski definition) is 1. The molecule has 1 atom stereocenters. The number of rotatable bonds is 5. The zero-order valence-corrected chi connectivity index (χ0v) is 10.1. The number of amides is 1.